The smallest absolute Gasteiger partial charge is 0.313 e. The van der Waals surface area contributed by atoms with Gasteiger partial charge in [-0.05, 0) is 30.3 Å². The van der Waals surface area contributed by atoms with E-state index in [4.69, 9.17) is 16.3 Å². The minimum Gasteiger partial charge on any atom is -0.449 e. The number of nitrogens with zero attached hydrogens (tertiary/aromatic N) is 1. The number of carbonyl (C=O) groups excluding carboxylic acids is 1. The number of nitro groups is 1. The van der Waals surface area contributed by atoms with Gasteiger partial charge >= 0.3 is 5.69 Å². The molecule has 0 aliphatic rings. The molecule has 6 heteroatoms. The normalized spacial score (nSPS) is 9.95. The minimum absolute atomic E-state index is 0.0204. The fourth-order valence-electron chi connectivity index (χ4n) is 1.47. The Bertz CT molecular complexity index is 625. The van der Waals surface area contributed by atoms with E-state index >= 15 is 0 Å². The van der Waals surface area contributed by atoms with Crippen molar-refractivity contribution in [3.8, 4) is 11.5 Å². The number of hydrogen-bond donors (Lipinski definition) is 0. The maximum Gasteiger partial charge on any atom is 0.313 e. The molecule has 0 heterocycles. The first kappa shape index (κ1) is 13.0. The number of benzene rings is 2. The Balaban J connectivity index is 2.36. The van der Waals surface area contributed by atoms with Crippen molar-refractivity contribution in [1.82, 2.24) is 0 Å². The summed E-state index contributed by atoms with van der Waals surface area (Å²) in [5, 5.41) is 11.0. The lowest BCUT2D eigenvalue weighted by molar-refractivity contribution is -0.385. The molecule has 0 N–H and O–H groups in total. The molecule has 2 aromatic carbocycles. The van der Waals surface area contributed by atoms with E-state index in [9.17, 15) is 14.9 Å². The van der Waals surface area contributed by atoms with Crippen LogP contribution in [0.5, 0.6) is 11.5 Å². The Hall–Kier alpha value is -2.40. The van der Waals surface area contributed by atoms with Gasteiger partial charge in [0.05, 0.1) is 9.95 Å². The van der Waals surface area contributed by atoms with Crippen LogP contribution < -0.4 is 4.74 Å². The predicted octanol–water partition coefficient (Wildman–Crippen LogP) is 3.85. The fraction of sp³-hybridized carbons (Fsp3) is 0. The van der Waals surface area contributed by atoms with Gasteiger partial charge in [0.2, 0.25) is 5.75 Å². The molecule has 19 heavy (non-hydrogen) atoms. The van der Waals surface area contributed by atoms with Crippen LogP contribution in [-0.4, -0.2) is 11.2 Å². The second-order valence-electron chi connectivity index (χ2n) is 3.63. The summed E-state index contributed by atoms with van der Waals surface area (Å²) in [6.45, 7) is 0. The highest BCUT2D eigenvalue weighted by atomic mass is 35.5. The first-order valence-corrected chi connectivity index (χ1v) is 5.65. The molecule has 0 spiro atoms. The summed E-state index contributed by atoms with van der Waals surface area (Å²) in [7, 11) is 0. The van der Waals surface area contributed by atoms with E-state index < -0.39 is 4.92 Å². The largest absolute Gasteiger partial charge is 0.449 e. The summed E-state index contributed by atoms with van der Waals surface area (Å²) in [5.41, 5.74) is 0.271. The van der Waals surface area contributed by atoms with E-state index in [1.807, 2.05) is 0 Å². The third-order valence-corrected chi connectivity index (χ3v) is 2.68. The fourth-order valence-corrected chi connectivity index (χ4v) is 1.68. The van der Waals surface area contributed by atoms with Crippen LogP contribution in [0.4, 0.5) is 5.69 Å². The number of carbonyl (C=O) groups is 1. The zero-order chi connectivity index (χ0) is 13.8. The van der Waals surface area contributed by atoms with E-state index in [-0.39, 0.29) is 16.5 Å². The molecule has 0 aliphatic heterocycles. The van der Waals surface area contributed by atoms with Crippen molar-refractivity contribution in [3.63, 3.8) is 0 Å². The topological polar surface area (TPSA) is 69.4 Å². The van der Waals surface area contributed by atoms with Crippen LogP contribution in [0.3, 0.4) is 0 Å². The van der Waals surface area contributed by atoms with E-state index in [0.717, 1.165) is 0 Å². The van der Waals surface area contributed by atoms with Crippen molar-refractivity contribution < 1.29 is 14.5 Å². The van der Waals surface area contributed by atoms with Gasteiger partial charge in [0.1, 0.15) is 12.0 Å². The Morgan fingerprint density at radius 1 is 1.16 bits per heavy atom. The summed E-state index contributed by atoms with van der Waals surface area (Å²) < 4.78 is 5.41. The molecule has 96 valence electrons. The summed E-state index contributed by atoms with van der Waals surface area (Å²) in [5.74, 6) is 0.342. The van der Waals surface area contributed by atoms with Crippen LogP contribution >= 0.6 is 11.6 Å². The van der Waals surface area contributed by atoms with Crippen molar-refractivity contribution in [2.24, 2.45) is 0 Å². The molecular formula is C13H8ClNO4. The summed E-state index contributed by atoms with van der Waals surface area (Å²) in [4.78, 5) is 20.8. The van der Waals surface area contributed by atoms with E-state index in [1.54, 1.807) is 12.1 Å². The second-order valence-corrected chi connectivity index (χ2v) is 4.04. The lowest BCUT2D eigenvalue weighted by atomic mass is 10.2. The predicted molar refractivity (Wildman–Crippen MR) is 70.0 cm³/mol. The third kappa shape index (κ3) is 2.89. The standard InChI is InChI=1S/C13H8ClNO4/c14-11-2-1-3-12(15(17)18)13(11)19-10-6-4-9(8-16)5-7-10/h1-8H. The van der Waals surface area contributed by atoms with Crippen molar-refractivity contribution in [2.45, 2.75) is 0 Å². The number of ether oxygens (including phenoxy) is 1. The highest BCUT2D eigenvalue weighted by Crippen LogP contribution is 2.37. The number of halogens is 1. The second kappa shape index (κ2) is 5.49. The molecule has 0 radical (unpaired) electrons. The Morgan fingerprint density at radius 2 is 1.84 bits per heavy atom. The van der Waals surface area contributed by atoms with Crippen LogP contribution in [0.25, 0.3) is 0 Å². The van der Waals surface area contributed by atoms with E-state index in [2.05, 4.69) is 0 Å². The highest BCUT2D eigenvalue weighted by molar-refractivity contribution is 6.32. The molecule has 0 amide bonds. The van der Waals surface area contributed by atoms with Gasteiger partial charge in [-0.3, -0.25) is 14.9 Å². The Morgan fingerprint density at radius 3 is 2.42 bits per heavy atom. The van der Waals surface area contributed by atoms with Crippen LogP contribution in [0, 0.1) is 10.1 Å². The lowest BCUT2D eigenvalue weighted by Gasteiger charge is -2.07. The molecule has 0 aromatic heterocycles. The molecule has 0 atom stereocenters. The molecule has 0 saturated carbocycles. The third-order valence-electron chi connectivity index (χ3n) is 2.38. The van der Waals surface area contributed by atoms with Gasteiger partial charge < -0.3 is 4.74 Å². The summed E-state index contributed by atoms with van der Waals surface area (Å²) in [6, 6.07) is 10.5. The van der Waals surface area contributed by atoms with Crippen molar-refractivity contribution in [1.29, 1.82) is 0 Å². The molecule has 0 saturated heterocycles. The van der Waals surface area contributed by atoms with Gasteiger partial charge in [-0.15, -0.1) is 0 Å². The van der Waals surface area contributed by atoms with Gasteiger partial charge in [-0.2, -0.15) is 0 Å². The molecule has 2 rings (SSSR count). The monoisotopic (exact) mass is 277 g/mol. The van der Waals surface area contributed by atoms with Crippen LogP contribution in [0.2, 0.25) is 5.02 Å². The molecule has 0 unspecified atom stereocenters. The maximum atomic E-state index is 10.9. The minimum atomic E-state index is -0.568. The van der Waals surface area contributed by atoms with Gasteiger partial charge in [0.25, 0.3) is 0 Å². The van der Waals surface area contributed by atoms with Crippen LogP contribution in [0.15, 0.2) is 42.5 Å². The Kier molecular flexibility index (Phi) is 3.77. The number of aldehydes is 1. The average molecular weight is 278 g/mol. The Labute approximate surface area is 113 Å². The SMILES string of the molecule is O=Cc1ccc(Oc2c(Cl)cccc2[N+](=O)[O-])cc1. The number of rotatable bonds is 4. The van der Waals surface area contributed by atoms with E-state index in [0.29, 0.717) is 17.6 Å². The molecule has 0 bridgehead atoms. The van der Waals surface area contributed by atoms with Crippen molar-refractivity contribution in [3.05, 3.63) is 63.2 Å². The van der Waals surface area contributed by atoms with Gasteiger partial charge in [-0.1, -0.05) is 17.7 Å². The summed E-state index contributed by atoms with van der Waals surface area (Å²) in [6.07, 6.45) is 0.696. The van der Waals surface area contributed by atoms with Crippen molar-refractivity contribution in [2.75, 3.05) is 0 Å². The molecule has 0 fully saturated rings. The maximum absolute atomic E-state index is 10.9. The molecule has 5 nitrogen and oxygen atoms in total. The number of para-hydroxylation sites is 1. The number of nitro benzene ring substituents is 1. The average Bonchev–Trinajstić information content (AvgIpc) is 2.41. The molecular weight excluding hydrogens is 270 g/mol. The van der Waals surface area contributed by atoms with E-state index in [1.165, 1.54) is 30.3 Å². The quantitative estimate of drug-likeness (QED) is 0.483. The highest BCUT2D eigenvalue weighted by Gasteiger charge is 2.18. The lowest BCUT2D eigenvalue weighted by Crippen LogP contribution is -1.94. The van der Waals surface area contributed by atoms with Crippen LogP contribution in [-0.2, 0) is 0 Å². The van der Waals surface area contributed by atoms with Gasteiger partial charge in [0, 0.05) is 11.6 Å². The van der Waals surface area contributed by atoms with Crippen molar-refractivity contribution >= 4 is 23.6 Å². The van der Waals surface area contributed by atoms with Gasteiger partial charge in [0.15, 0.2) is 0 Å². The molecule has 0 aliphatic carbocycles. The zero-order valence-corrected chi connectivity index (χ0v) is 10.3. The van der Waals surface area contributed by atoms with Gasteiger partial charge in [-0.25, -0.2) is 0 Å². The first-order chi connectivity index (χ1) is 9.11. The number of hydrogen-bond acceptors (Lipinski definition) is 4. The summed E-state index contributed by atoms with van der Waals surface area (Å²) >= 11 is 5.90. The molecule has 2 aromatic rings. The zero-order valence-electron chi connectivity index (χ0n) is 9.58. The first-order valence-electron chi connectivity index (χ1n) is 5.28. The van der Waals surface area contributed by atoms with Crippen LogP contribution in [0.1, 0.15) is 10.4 Å².